The molecule has 1 aromatic heterocycles. The Labute approximate surface area is 112 Å². The molecule has 4 atom stereocenters. The number of aliphatic hydroxyl groups excluding tert-OH is 3. The Bertz CT molecular complexity index is 564. The molecule has 20 heavy (non-hydrogen) atoms. The molecule has 2 heterocycles. The molecule has 0 radical (unpaired) electrons. The molecule has 0 spiro atoms. The Kier molecular flexibility index (Phi) is 3.62. The second-order valence-electron chi connectivity index (χ2n) is 4.50. The first-order valence-electron chi connectivity index (χ1n) is 5.74. The van der Waals surface area contributed by atoms with Gasteiger partial charge < -0.3 is 31.5 Å². The smallest absolute Gasteiger partial charge is 0.357 e. The van der Waals surface area contributed by atoms with Crippen molar-refractivity contribution in [1.82, 2.24) is 14.5 Å². The van der Waals surface area contributed by atoms with E-state index in [0.29, 0.717) is 4.57 Å². The third-order valence-electron chi connectivity index (χ3n) is 3.05. The van der Waals surface area contributed by atoms with Crippen molar-refractivity contribution in [3.63, 3.8) is 0 Å². The summed E-state index contributed by atoms with van der Waals surface area (Å²) in [4.78, 5) is 18.8. The van der Waals surface area contributed by atoms with E-state index in [4.69, 9.17) is 27.0 Å². The van der Waals surface area contributed by atoms with Gasteiger partial charge in [-0.1, -0.05) is 0 Å². The highest BCUT2D eigenvalue weighted by molar-refractivity contribution is 5.26. The molecule has 4 unspecified atom stereocenters. The van der Waals surface area contributed by atoms with E-state index in [9.17, 15) is 15.0 Å². The van der Waals surface area contributed by atoms with Gasteiger partial charge >= 0.3 is 5.69 Å². The summed E-state index contributed by atoms with van der Waals surface area (Å²) >= 11 is 0. The van der Waals surface area contributed by atoms with Crippen LogP contribution in [0, 0.1) is 0 Å². The van der Waals surface area contributed by atoms with Gasteiger partial charge in [0.05, 0.1) is 12.7 Å². The van der Waals surface area contributed by atoms with Crippen molar-refractivity contribution in [2.45, 2.75) is 30.6 Å². The van der Waals surface area contributed by atoms with Crippen LogP contribution in [0.15, 0.2) is 4.79 Å². The number of nitrogen functional groups attached to an aromatic ring is 2. The lowest BCUT2D eigenvalue weighted by molar-refractivity contribution is -0.255. The lowest BCUT2D eigenvalue weighted by Gasteiger charge is -2.43. The Morgan fingerprint density at radius 3 is 2.60 bits per heavy atom. The predicted molar refractivity (Wildman–Crippen MR) is 65.9 cm³/mol. The van der Waals surface area contributed by atoms with Gasteiger partial charge in [0.15, 0.2) is 0 Å². The zero-order chi connectivity index (χ0) is 15.1. The first-order valence-corrected chi connectivity index (χ1v) is 5.74. The number of aliphatic hydroxyl groups is 3. The number of rotatable bonds is 2. The van der Waals surface area contributed by atoms with Crippen LogP contribution in [0.4, 0.5) is 11.9 Å². The van der Waals surface area contributed by atoms with E-state index in [1.807, 2.05) is 0 Å². The fraction of sp³-hybridized carbons (Fsp3) is 0.667. The molecule has 0 bridgehead atoms. The molecule has 1 fully saturated rings. The van der Waals surface area contributed by atoms with Crippen LogP contribution in [0.2, 0.25) is 0 Å². The average Bonchev–Trinajstić information content (AvgIpc) is 2.32. The van der Waals surface area contributed by atoms with Crippen molar-refractivity contribution in [1.29, 1.82) is 0 Å². The van der Waals surface area contributed by atoms with Crippen molar-refractivity contribution >= 4 is 11.9 Å². The molecule has 1 aliphatic heterocycles. The van der Waals surface area contributed by atoms with Crippen molar-refractivity contribution in [3.8, 4) is 0 Å². The van der Waals surface area contributed by atoms with Crippen LogP contribution in [-0.2, 0) is 10.6 Å². The number of anilines is 2. The van der Waals surface area contributed by atoms with Crippen molar-refractivity contribution < 1.29 is 20.1 Å². The minimum Gasteiger partial charge on any atom is -0.394 e. The van der Waals surface area contributed by atoms with Gasteiger partial charge in [0.25, 0.3) is 0 Å². The summed E-state index contributed by atoms with van der Waals surface area (Å²) in [6, 6.07) is 0. The van der Waals surface area contributed by atoms with Crippen LogP contribution in [-0.4, -0.2) is 54.8 Å². The normalized spacial score (nSPS) is 34.1. The SMILES string of the molecule is Nc1nc(N)n(C2(N)CC(O)C(O)C(CO)O2)c(=O)n1. The van der Waals surface area contributed by atoms with Gasteiger partial charge in [-0.05, 0) is 0 Å². The molecule has 0 aliphatic carbocycles. The van der Waals surface area contributed by atoms with E-state index in [0.717, 1.165) is 0 Å². The number of nitrogens with zero attached hydrogens (tertiary/aromatic N) is 3. The van der Waals surface area contributed by atoms with Crippen LogP contribution in [0.5, 0.6) is 0 Å². The first-order chi connectivity index (χ1) is 9.28. The number of hydrogen-bond acceptors (Lipinski definition) is 10. The average molecular weight is 288 g/mol. The summed E-state index contributed by atoms with van der Waals surface area (Å²) in [6.07, 6.45) is -4.20. The van der Waals surface area contributed by atoms with E-state index in [2.05, 4.69) is 9.97 Å². The monoisotopic (exact) mass is 288 g/mol. The maximum Gasteiger partial charge on any atom is 0.357 e. The Hall–Kier alpha value is -1.79. The maximum atomic E-state index is 11.8. The van der Waals surface area contributed by atoms with Gasteiger partial charge in [-0.25, -0.2) is 9.36 Å². The molecule has 1 aromatic rings. The van der Waals surface area contributed by atoms with Crippen LogP contribution in [0.3, 0.4) is 0 Å². The van der Waals surface area contributed by atoms with Crippen LogP contribution >= 0.6 is 0 Å². The summed E-state index contributed by atoms with van der Waals surface area (Å²) in [5, 5.41) is 28.5. The lowest BCUT2D eigenvalue weighted by Crippen LogP contribution is -2.63. The molecule has 11 nitrogen and oxygen atoms in total. The van der Waals surface area contributed by atoms with E-state index in [1.54, 1.807) is 0 Å². The third kappa shape index (κ3) is 2.32. The molecule has 0 saturated carbocycles. The highest BCUT2D eigenvalue weighted by Gasteiger charge is 2.46. The highest BCUT2D eigenvalue weighted by Crippen LogP contribution is 2.29. The lowest BCUT2D eigenvalue weighted by atomic mass is 9.98. The number of aromatic nitrogens is 3. The molecule has 2 rings (SSSR count). The van der Waals surface area contributed by atoms with E-state index < -0.39 is 36.5 Å². The molecular formula is C9H16N6O5. The summed E-state index contributed by atoms with van der Waals surface area (Å²) in [5.74, 6) is -2.59. The second kappa shape index (κ2) is 4.96. The first kappa shape index (κ1) is 14.6. The molecule has 1 saturated heterocycles. The summed E-state index contributed by atoms with van der Waals surface area (Å²) in [7, 11) is 0. The highest BCUT2D eigenvalue weighted by atomic mass is 16.6. The van der Waals surface area contributed by atoms with Gasteiger partial charge in [-0.15, -0.1) is 0 Å². The molecule has 0 amide bonds. The fourth-order valence-electron chi connectivity index (χ4n) is 2.13. The minimum absolute atomic E-state index is 0.331. The number of ether oxygens (including phenoxy) is 1. The Morgan fingerprint density at radius 1 is 1.40 bits per heavy atom. The number of hydrogen-bond donors (Lipinski definition) is 6. The minimum atomic E-state index is -1.90. The summed E-state index contributed by atoms with van der Waals surface area (Å²) in [6.45, 7) is -0.609. The van der Waals surface area contributed by atoms with Gasteiger partial charge in [0.2, 0.25) is 17.7 Å². The zero-order valence-corrected chi connectivity index (χ0v) is 10.4. The molecule has 9 N–H and O–H groups in total. The van der Waals surface area contributed by atoms with Crippen LogP contribution < -0.4 is 22.9 Å². The Morgan fingerprint density at radius 2 is 2.05 bits per heavy atom. The quantitative estimate of drug-likeness (QED) is 0.311. The van der Waals surface area contributed by atoms with Crippen molar-refractivity contribution in [3.05, 3.63) is 10.5 Å². The van der Waals surface area contributed by atoms with Crippen molar-refractivity contribution in [2.75, 3.05) is 18.1 Å². The third-order valence-corrected chi connectivity index (χ3v) is 3.05. The van der Waals surface area contributed by atoms with Gasteiger partial charge in [-0.3, -0.25) is 5.73 Å². The molecular weight excluding hydrogens is 272 g/mol. The fourth-order valence-corrected chi connectivity index (χ4v) is 2.13. The molecule has 1 aliphatic rings. The number of nitrogens with two attached hydrogens (primary N) is 3. The van der Waals surface area contributed by atoms with Crippen LogP contribution in [0.25, 0.3) is 0 Å². The van der Waals surface area contributed by atoms with Crippen molar-refractivity contribution in [2.24, 2.45) is 5.73 Å². The largest absolute Gasteiger partial charge is 0.394 e. The van der Waals surface area contributed by atoms with Crippen LogP contribution in [0.1, 0.15) is 6.42 Å². The van der Waals surface area contributed by atoms with Gasteiger partial charge in [0.1, 0.15) is 12.2 Å². The molecule has 0 aromatic carbocycles. The van der Waals surface area contributed by atoms with Gasteiger partial charge in [-0.2, -0.15) is 9.97 Å². The van der Waals surface area contributed by atoms with E-state index in [1.165, 1.54) is 0 Å². The van der Waals surface area contributed by atoms with Gasteiger partial charge in [0, 0.05) is 6.42 Å². The maximum absolute atomic E-state index is 11.8. The standard InChI is InChI=1S/C9H16N6O5/c10-6-13-7(11)15(8(19)14-6)9(12)1-3(17)5(18)4(2-16)20-9/h3-5,16-18H,1-2,12H2,(H4,10,11,13,14,19). The Balaban J connectivity index is 2.48. The zero-order valence-electron chi connectivity index (χ0n) is 10.4. The van der Waals surface area contributed by atoms with E-state index in [-0.39, 0.29) is 18.3 Å². The molecule has 11 heteroatoms. The molecule has 112 valence electrons. The van der Waals surface area contributed by atoms with E-state index >= 15 is 0 Å². The second-order valence-corrected chi connectivity index (χ2v) is 4.50. The summed E-state index contributed by atoms with van der Waals surface area (Å²) < 4.78 is 5.98. The summed E-state index contributed by atoms with van der Waals surface area (Å²) in [5.41, 5.74) is 15.8. The topological polar surface area (TPSA) is 196 Å². The predicted octanol–water partition coefficient (Wildman–Crippen LogP) is -4.13.